The molecule has 0 aliphatic rings. The summed E-state index contributed by atoms with van der Waals surface area (Å²) in [6.07, 6.45) is -5.98. The van der Waals surface area contributed by atoms with Crippen LogP contribution < -0.4 is 4.90 Å². The summed E-state index contributed by atoms with van der Waals surface area (Å²) >= 11 is 0. The molecule has 1 aromatic carbocycles. The van der Waals surface area contributed by atoms with E-state index in [0.717, 1.165) is 0 Å². The lowest BCUT2D eigenvalue weighted by Gasteiger charge is -2.24. The van der Waals surface area contributed by atoms with E-state index in [2.05, 4.69) is 0 Å². The summed E-state index contributed by atoms with van der Waals surface area (Å²) < 4.78 is 36.6. The second-order valence-electron chi connectivity index (χ2n) is 4.35. The Kier molecular flexibility index (Phi) is 4.78. The van der Waals surface area contributed by atoms with Crippen LogP contribution in [0, 0.1) is 11.3 Å². The highest BCUT2D eigenvalue weighted by Crippen LogP contribution is 2.28. The van der Waals surface area contributed by atoms with Crippen LogP contribution in [0.2, 0.25) is 0 Å². The van der Waals surface area contributed by atoms with Gasteiger partial charge in [-0.3, -0.25) is 0 Å². The van der Waals surface area contributed by atoms with Crippen molar-refractivity contribution >= 4 is 5.69 Å². The van der Waals surface area contributed by atoms with Gasteiger partial charge in [0.1, 0.15) is 0 Å². The first-order valence-corrected chi connectivity index (χ1v) is 5.74. The molecule has 0 aliphatic carbocycles. The first kappa shape index (κ1) is 15.3. The van der Waals surface area contributed by atoms with Crippen LogP contribution >= 0.6 is 0 Å². The van der Waals surface area contributed by atoms with Gasteiger partial charge in [-0.2, -0.15) is 18.4 Å². The van der Waals surface area contributed by atoms with E-state index in [-0.39, 0.29) is 6.54 Å². The molecule has 19 heavy (non-hydrogen) atoms. The maximum atomic E-state index is 12.2. The molecular weight excluding hydrogens is 257 g/mol. The van der Waals surface area contributed by atoms with Crippen LogP contribution in [0.25, 0.3) is 0 Å². The third-order valence-corrected chi connectivity index (χ3v) is 2.75. The average molecular weight is 272 g/mol. The van der Waals surface area contributed by atoms with E-state index in [1.165, 1.54) is 31.0 Å². The predicted octanol–water partition coefficient (Wildman–Crippen LogP) is 3.00. The number of hydrogen-bond acceptors (Lipinski definition) is 3. The van der Waals surface area contributed by atoms with Gasteiger partial charge in [0.25, 0.3) is 0 Å². The summed E-state index contributed by atoms with van der Waals surface area (Å²) in [7, 11) is 1.51. The molecule has 0 aromatic heterocycles. The highest BCUT2D eigenvalue weighted by Gasteiger charge is 2.27. The highest BCUT2D eigenvalue weighted by atomic mass is 19.4. The van der Waals surface area contributed by atoms with Crippen molar-refractivity contribution in [2.24, 2.45) is 0 Å². The number of nitriles is 1. The second-order valence-corrected chi connectivity index (χ2v) is 4.35. The van der Waals surface area contributed by atoms with E-state index < -0.39 is 18.7 Å². The van der Waals surface area contributed by atoms with Crippen molar-refractivity contribution in [1.82, 2.24) is 0 Å². The zero-order valence-electron chi connectivity index (χ0n) is 10.7. The Balaban J connectivity index is 2.99. The first-order valence-electron chi connectivity index (χ1n) is 5.74. The Bertz CT molecular complexity index is 478. The lowest BCUT2D eigenvalue weighted by Crippen LogP contribution is -2.25. The predicted molar refractivity (Wildman–Crippen MR) is 65.7 cm³/mol. The van der Waals surface area contributed by atoms with Crippen molar-refractivity contribution in [3.8, 4) is 6.07 Å². The maximum Gasteiger partial charge on any atom is 0.390 e. The van der Waals surface area contributed by atoms with Gasteiger partial charge < -0.3 is 10.0 Å². The zero-order chi connectivity index (χ0) is 14.6. The van der Waals surface area contributed by atoms with Crippen LogP contribution in [0.1, 0.15) is 30.6 Å². The third kappa shape index (κ3) is 4.45. The van der Waals surface area contributed by atoms with Gasteiger partial charge in [0.2, 0.25) is 0 Å². The molecule has 6 heteroatoms. The minimum Gasteiger partial charge on any atom is -0.389 e. The standard InChI is InChI=1S/C13H15F3N2O/c1-9(19)11-4-3-10(8-17)7-12(11)18(2)6-5-13(14,15)16/h3-4,7,9,19H,5-6H2,1-2H3/t9-/m0/s1. The molecule has 0 spiro atoms. The van der Waals surface area contributed by atoms with Gasteiger partial charge in [0, 0.05) is 24.8 Å². The fourth-order valence-corrected chi connectivity index (χ4v) is 1.71. The van der Waals surface area contributed by atoms with Gasteiger partial charge in [0.05, 0.1) is 24.2 Å². The Morgan fingerprint density at radius 3 is 2.53 bits per heavy atom. The number of rotatable bonds is 4. The van der Waals surface area contributed by atoms with E-state index in [1.807, 2.05) is 6.07 Å². The SMILES string of the molecule is C[C@H](O)c1ccc(C#N)cc1N(C)CCC(F)(F)F. The Morgan fingerprint density at radius 2 is 2.05 bits per heavy atom. The summed E-state index contributed by atoms with van der Waals surface area (Å²) in [5.74, 6) is 0. The Hall–Kier alpha value is -1.74. The molecule has 0 unspecified atom stereocenters. The van der Waals surface area contributed by atoms with E-state index in [0.29, 0.717) is 16.8 Å². The number of aliphatic hydroxyl groups is 1. The molecule has 1 rings (SSSR count). The van der Waals surface area contributed by atoms with Crippen LogP contribution in [-0.4, -0.2) is 24.9 Å². The van der Waals surface area contributed by atoms with Crippen LogP contribution in [0.15, 0.2) is 18.2 Å². The number of alkyl halides is 3. The number of halogens is 3. The lowest BCUT2D eigenvalue weighted by atomic mass is 10.0. The molecule has 0 radical (unpaired) electrons. The van der Waals surface area contributed by atoms with Crippen LogP contribution in [0.3, 0.4) is 0 Å². The number of hydrogen-bond donors (Lipinski definition) is 1. The van der Waals surface area contributed by atoms with Gasteiger partial charge in [-0.25, -0.2) is 0 Å². The molecule has 0 saturated carbocycles. The molecule has 0 aliphatic heterocycles. The minimum atomic E-state index is -4.23. The van der Waals surface area contributed by atoms with Crippen LogP contribution in [0.4, 0.5) is 18.9 Å². The van der Waals surface area contributed by atoms with E-state index in [9.17, 15) is 18.3 Å². The number of benzene rings is 1. The van der Waals surface area contributed by atoms with Gasteiger partial charge in [0.15, 0.2) is 0 Å². The van der Waals surface area contributed by atoms with Crippen molar-refractivity contribution in [2.45, 2.75) is 25.6 Å². The molecule has 0 fully saturated rings. The van der Waals surface area contributed by atoms with E-state index >= 15 is 0 Å². The lowest BCUT2D eigenvalue weighted by molar-refractivity contribution is -0.132. The van der Waals surface area contributed by atoms with Gasteiger partial charge in [-0.15, -0.1) is 0 Å². The normalized spacial score (nSPS) is 12.9. The zero-order valence-corrected chi connectivity index (χ0v) is 10.7. The molecule has 0 saturated heterocycles. The average Bonchev–Trinajstić information content (AvgIpc) is 2.34. The van der Waals surface area contributed by atoms with E-state index in [1.54, 1.807) is 6.07 Å². The third-order valence-electron chi connectivity index (χ3n) is 2.75. The summed E-state index contributed by atoms with van der Waals surface area (Å²) in [6, 6.07) is 6.50. The highest BCUT2D eigenvalue weighted by molar-refractivity contribution is 5.58. The maximum absolute atomic E-state index is 12.2. The number of anilines is 1. The van der Waals surface area contributed by atoms with E-state index in [4.69, 9.17) is 5.26 Å². The molecule has 1 aromatic rings. The molecule has 1 N–H and O–H groups in total. The fourth-order valence-electron chi connectivity index (χ4n) is 1.71. The molecular formula is C13H15F3N2O. The quantitative estimate of drug-likeness (QED) is 0.916. The largest absolute Gasteiger partial charge is 0.390 e. The summed E-state index contributed by atoms with van der Waals surface area (Å²) in [5.41, 5.74) is 1.29. The summed E-state index contributed by atoms with van der Waals surface area (Å²) in [6.45, 7) is 1.31. The number of nitrogens with zero attached hydrogens (tertiary/aromatic N) is 2. The summed E-state index contributed by atoms with van der Waals surface area (Å²) in [5, 5.41) is 18.4. The molecule has 0 heterocycles. The fraction of sp³-hybridized carbons (Fsp3) is 0.462. The Labute approximate surface area is 109 Å². The monoisotopic (exact) mass is 272 g/mol. The van der Waals surface area contributed by atoms with Gasteiger partial charge in [-0.05, 0) is 19.1 Å². The molecule has 3 nitrogen and oxygen atoms in total. The summed E-state index contributed by atoms with van der Waals surface area (Å²) in [4.78, 5) is 1.40. The smallest absolute Gasteiger partial charge is 0.389 e. The van der Waals surface area contributed by atoms with Crippen LogP contribution in [-0.2, 0) is 0 Å². The molecule has 104 valence electrons. The van der Waals surface area contributed by atoms with Gasteiger partial charge in [-0.1, -0.05) is 6.07 Å². The van der Waals surface area contributed by atoms with Crippen molar-refractivity contribution in [1.29, 1.82) is 5.26 Å². The van der Waals surface area contributed by atoms with Crippen molar-refractivity contribution < 1.29 is 18.3 Å². The first-order chi connectivity index (χ1) is 8.74. The molecule has 1 atom stereocenters. The minimum absolute atomic E-state index is 0.224. The Morgan fingerprint density at radius 1 is 1.42 bits per heavy atom. The second kappa shape index (κ2) is 5.93. The van der Waals surface area contributed by atoms with Crippen molar-refractivity contribution in [2.75, 3.05) is 18.5 Å². The number of aliphatic hydroxyl groups excluding tert-OH is 1. The van der Waals surface area contributed by atoms with Crippen LogP contribution in [0.5, 0.6) is 0 Å². The van der Waals surface area contributed by atoms with Crippen molar-refractivity contribution in [3.63, 3.8) is 0 Å². The molecule has 0 bridgehead atoms. The molecule has 0 amide bonds. The van der Waals surface area contributed by atoms with Gasteiger partial charge >= 0.3 is 6.18 Å². The van der Waals surface area contributed by atoms with Crippen molar-refractivity contribution in [3.05, 3.63) is 29.3 Å². The topological polar surface area (TPSA) is 47.3 Å².